The van der Waals surface area contributed by atoms with Crippen LogP contribution in [0.2, 0.25) is 0 Å². The van der Waals surface area contributed by atoms with E-state index in [1.807, 2.05) is 31.2 Å². The van der Waals surface area contributed by atoms with Gasteiger partial charge in [0.1, 0.15) is 0 Å². The SMILES string of the molecule is CC(CNC(=O)C(C)N1CCN(C/C=C/c2ccccc2)CC1)c1ccccc1. The van der Waals surface area contributed by atoms with E-state index >= 15 is 0 Å². The summed E-state index contributed by atoms with van der Waals surface area (Å²) < 4.78 is 0. The van der Waals surface area contributed by atoms with Crippen molar-refractivity contribution < 1.29 is 4.79 Å². The molecular weight excluding hydrogens is 358 g/mol. The van der Waals surface area contributed by atoms with Crippen LogP contribution in [0.15, 0.2) is 66.7 Å². The van der Waals surface area contributed by atoms with Gasteiger partial charge in [-0.05, 0) is 24.0 Å². The van der Waals surface area contributed by atoms with Gasteiger partial charge in [-0.2, -0.15) is 0 Å². The van der Waals surface area contributed by atoms with Crippen molar-refractivity contribution in [1.29, 1.82) is 0 Å². The highest BCUT2D eigenvalue weighted by molar-refractivity contribution is 5.81. The van der Waals surface area contributed by atoms with E-state index in [0.29, 0.717) is 12.5 Å². The van der Waals surface area contributed by atoms with Crippen LogP contribution in [-0.2, 0) is 4.79 Å². The third-order valence-electron chi connectivity index (χ3n) is 5.76. The van der Waals surface area contributed by atoms with E-state index < -0.39 is 0 Å². The molecule has 4 heteroatoms. The van der Waals surface area contributed by atoms with Gasteiger partial charge >= 0.3 is 0 Å². The van der Waals surface area contributed by atoms with Crippen molar-refractivity contribution in [3.8, 4) is 0 Å². The zero-order chi connectivity index (χ0) is 20.5. The standard InChI is InChI=1S/C25H33N3O/c1-21(24-13-7-4-8-14-24)20-26-25(29)22(2)28-18-16-27(17-19-28)15-9-12-23-10-5-3-6-11-23/h3-14,21-22H,15-20H2,1-2H3,(H,26,29)/b12-9+. The van der Waals surface area contributed by atoms with E-state index in [2.05, 4.69) is 70.6 Å². The Labute approximate surface area is 175 Å². The maximum Gasteiger partial charge on any atom is 0.237 e. The fourth-order valence-electron chi connectivity index (χ4n) is 3.70. The molecule has 0 bridgehead atoms. The zero-order valence-electron chi connectivity index (χ0n) is 17.6. The Morgan fingerprint density at radius 3 is 2.24 bits per heavy atom. The summed E-state index contributed by atoms with van der Waals surface area (Å²) in [7, 11) is 0. The molecule has 2 aromatic rings. The molecular formula is C25H33N3O. The monoisotopic (exact) mass is 391 g/mol. The van der Waals surface area contributed by atoms with Gasteiger partial charge in [0.05, 0.1) is 6.04 Å². The van der Waals surface area contributed by atoms with Gasteiger partial charge in [-0.1, -0.05) is 79.7 Å². The van der Waals surface area contributed by atoms with Crippen LogP contribution in [0, 0.1) is 0 Å². The number of piperazine rings is 1. The summed E-state index contributed by atoms with van der Waals surface area (Å²) >= 11 is 0. The molecule has 0 aromatic heterocycles. The molecule has 1 saturated heterocycles. The quantitative estimate of drug-likeness (QED) is 0.746. The van der Waals surface area contributed by atoms with Gasteiger partial charge in [0, 0.05) is 39.3 Å². The molecule has 154 valence electrons. The summed E-state index contributed by atoms with van der Waals surface area (Å²) in [6.07, 6.45) is 4.41. The second-order valence-corrected chi connectivity index (χ2v) is 7.88. The highest BCUT2D eigenvalue weighted by Gasteiger charge is 2.25. The number of rotatable bonds is 8. The third kappa shape index (κ3) is 6.55. The van der Waals surface area contributed by atoms with Gasteiger partial charge in [0.25, 0.3) is 0 Å². The lowest BCUT2D eigenvalue weighted by atomic mass is 10.0. The van der Waals surface area contributed by atoms with Gasteiger partial charge in [0.15, 0.2) is 0 Å². The van der Waals surface area contributed by atoms with E-state index in [0.717, 1.165) is 32.7 Å². The fraction of sp³-hybridized carbons (Fsp3) is 0.400. The number of hydrogen-bond donors (Lipinski definition) is 1. The number of amides is 1. The van der Waals surface area contributed by atoms with Crippen molar-refractivity contribution in [1.82, 2.24) is 15.1 Å². The van der Waals surface area contributed by atoms with E-state index in [-0.39, 0.29) is 11.9 Å². The van der Waals surface area contributed by atoms with Crippen molar-refractivity contribution in [3.05, 3.63) is 77.9 Å². The van der Waals surface area contributed by atoms with Gasteiger partial charge < -0.3 is 5.32 Å². The molecule has 3 rings (SSSR count). The lowest BCUT2D eigenvalue weighted by Crippen LogP contribution is -2.54. The summed E-state index contributed by atoms with van der Waals surface area (Å²) in [5.41, 5.74) is 2.50. The summed E-state index contributed by atoms with van der Waals surface area (Å²) in [6.45, 7) is 9.67. The number of carbonyl (C=O) groups is 1. The minimum absolute atomic E-state index is 0.0833. The van der Waals surface area contributed by atoms with Gasteiger partial charge in [-0.25, -0.2) is 0 Å². The van der Waals surface area contributed by atoms with Crippen LogP contribution in [-0.4, -0.2) is 61.0 Å². The molecule has 1 aliphatic heterocycles. The van der Waals surface area contributed by atoms with E-state index in [9.17, 15) is 4.79 Å². The molecule has 2 atom stereocenters. The lowest BCUT2D eigenvalue weighted by molar-refractivity contribution is -0.126. The molecule has 1 N–H and O–H groups in total. The van der Waals surface area contributed by atoms with Crippen LogP contribution in [0.25, 0.3) is 6.08 Å². The first-order valence-electron chi connectivity index (χ1n) is 10.6. The van der Waals surface area contributed by atoms with Crippen LogP contribution in [0.3, 0.4) is 0 Å². The Kier molecular flexibility index (Phi) is 8.03. The predicted octanol–water partition coefficient (Wildman–Crippen LogP) is 3.63. The molecule has 1 heterocycles. The molecule has 2 aromatic carbocycles. The first-order valence-corrected chi connectivity index (χ1v) is 10.6. The van der Waals surface area contributed by atoms with Crippen LogP contribution in [0.1, 0.15) is 30.9 Å². The number of nitrogens with one attached hydrogen (secondary N) is 1. The third-order valence-corrected chi connectivity index (χ3v) is 5.76. The molecule has 1 aliphatic rings. The molecule has 4 nitrogen and oxygen atoms in total. The first kappa shape index (κ1) is 21.3. The molecule has 0 spiro atoms. The highest BCUT2D eigenvalue weighted by atomic mass is 16.2. The number of hydrogen-bond acceptors (Lipinski definition) is 3. The Bertz CT molecular complexity index is 767. The minimum atomic E-state index is -0.0833. The molecule has 29 heavy (non-hydrogen) atoms. The van der Waals surface area contributed by atoms with Gasteiger partial charge in [-0.15, -0.1) is 0 Å². The lowest BCUT2D eigenvalue weighted by Gasteiger charge is -2.37. The predicted molar refractivity (Wildman–Crippen MR) is 121 cm³/mol. The number of nitrogens with zero attached hydrogens (tertiary/aromatic N) is 2. The zero-order valence-corrected chi connectivity index (χ0v) is 17.6. The average molecular weight is 392 g/mol. The molecule has 1 fully saturated rings. The smallest absolute Gasteiger partial charge is 0.237 e. The Morgan fingerprint density at radius 2 is 1.59 bits per heavy atom. The Hall–Kier alpha value is -2.43. The van der Waals surface area contributed by atoms with Crippen LogP contribution in [0.5, 0.6) is 0 Å². The van der Waals surface area contributed by atoms with Crippen molar-refractivity contribution in [2.45, 2.75) is 25.8 Å². The molecule has 1 amide bonds. The highest BCUT2D eigenvalue weighted by Crippen LogP contribution is 2.13. The minimum Gasteiger partial charge on any atom is -0.354 e. The molecule has 0 aliphatic carbocycles. The summed E-state index contributed by atoms with van der Waals surface area (Å²) in [5, 5.41) is 3.14. The molecule has 2 unspecified atom stereocenters. The first-order chi connectivity index (χ1) is 14.1. The number of benzene rings is 2. The van der Waals surface area contributed by atoms with Crippen LogP contribution in [0.4, 0.5) is 0 Å². The van der Waals surface area contributed by atoms with E-state index in [4.69, 9.17) is 0 Å². The van der Waals surface area contributed by atoms with Crippen molar-refractivity contribution in [3.63, 3.8) is 0 Å². The largest absolute Gasteiger partial charge is 0.354 e. The maximum absolute atomic E-state index is 12.6. The maximum atomic E-state index is 12.6. The van der Waals surface area contributed by atoms with Gasteiger partial charge in [0.2, 0.25) is 5.91 Å². The molecule has 0 radical (unpaired) electrons. The normalized spacial score (nSPS) is 17.9. The van der Waals surface area contributed by atoms with Crippen molar-refractivity contribution >= 4 is 12.0 Å². The summed E-state index contributed by atoms with van der Waals surface area (Å²) in [5.74, 6) is 0.450. The van der Waals surface area contributed by atoms with Crippen LogP contribution >= 0.6 is 0 Å². The summed E-state index contributed by atoms with van der Waals surface area (Å²) in [4.78, 5) is 17.3. The Balaban J connectivity index is 1.38. The van der Waals surface area contributed by atoms with E-state index in [1.165, 1.54) is 11.1 Å². The topological polar surface area (TPSA) is 35.6 Å². The molecule has 0 saturated carbocycles. The second-order valence-electron chi connectivity index (χ2n) is 7.88. The van der Waals surface area contributed by atoms with E-state index in [1.54, 1.807) is 0 Å². The Morgan fingerprint density at radius 1 is 0.966 bits per heavy atom. The van der Waals surface area contributed by atoms with Crippen LogP contribution < -0.4 is 5.32 Å². The average Bonchev–Trinajstić information content (AvgIpc) is 2.78. The van der Waals surface area contributed by atoms with Gasteiger partial charge in [-0.3, -0.25) is 14.6 Å². The fourth-order valence-corrected chi connectivity index (χ4v) is 3.70. The summed E-state index contributed by atoms with van der Waals surface area (Å²) in [6, 6.07) is 20.7. The second kappa shape index (κ2) is 10.9. The number of carbonyl (C=O) groups excluding carboxylic acids is 1. The van der Waals surface area contributed by atoms with Crippen molar-refractivity contribution in [2.75, 3.05) is 39.3 Å². The van der Waals surface area contributed by atoms with Crippen molar-refractivity contribution in [2.24, 2.45) is 0 Å².